The fourth-order valence-corrected chi connectivity index (χ4v) is 2.62. The van der Waals surface area contributed by atoms with Gasteiger partial charge in [0.2, 0.25) is 0 Å². The van der Waals surface area contributed by atoms with Crippen LogP contribution in [0.15, 0.2) is 54.2 Å². The van der Waals surface area contributed by atoms with Crippen LogP contribution in [0.25, 0.3) is 11.1 Å². The van der Waals surface area contributed by atoms with Crippen molar-refractivity contribution >= 4 is 22.4 Å². The Morgan fingerprint density at radius 1 is 1.14 bits per heavy atom. The molecule has 2 aromatic heterocycles. The number of thiazole rings is 1. The van der Waals surface area contributed by atoms with E-state index < -0.39 is 0 Å². The highest BCUT2D eigenvalue weighted by molar-refractivity contribution is 7.13. The molecule has 0 aliphatic carbocycles. The van der Waals surface area contributed by atoms with E-state index in [0.29, 0.717) is 10.7 Å². The second-order valence-electron chi connectivity index (χ2n) is 4.58. The van der Waals surface area contributed by atoms with Crippen molar-refractivity contribution < 1.29 is 4.79 Å². The number of benzene rings is 1. The summed E-state index contributed by atoms with van der Waals surface area (Å²) >= 11 is 1.41. The molecular weight excluding hydrogens is 282 g/mol. The van der Waals surface area contributed by atoms with E-state index in [-0.39, 0.29) is 5.91 Å². The number of hydrogen-bond acceptors (Lipinski definition) is 4. The van der Waals surface area contributed by atoms with Crippen LogP contribution >= 0.6 is 11.3 Å². The molecule has 4 nitrogen and oxygen atoms in total. The van der Waals surface area contributed by atoms with Crippen LogP contribution in [-0.2, 0) is 0 Å². The lowest BCUT2D eigenvalue weighted by atomic mass is 10.1. The minimum atomic E-state index is -0.199. The van der Waals surface area contributed by atoms with Gasteiger partial charge in [0, 0.05) is 23.3 Å². The monoisotopic (exact) mass is 295 g/mol. The molecule has 3 rings (SSSR count). The summed E-state index contributed by atoms with van der Waals surface area (Å²) in [6, 6.07) is 11.7. The van der Waals surface area contributed by atoms with Crippen LogP contribution in [0.2, 0.25) is 0 Å². The first-order chi connectivity index (χ1) is 10.2. The molecule has 5 heteroatoms. The van der Waals surface area contributed by atoms with Gasteiger partial charge in [-0.05, 0) is 18.6 Å². The van der Waals surface area contributed by atoms with Gasteiger partial charge in [0.05, 0.1) is 11.3 Å². The van der Waals surface area contributed by atoms with Crippen LogP contribution in [0.3, 0.4) is 0 Å². The van der Waals surface area contributed by atoms with E-state index in [1.165, 1.54) is 11.3 Å². The van der Waals surface area contributed by atoms with E-state index in [4.69, 9.17) is 0 Å². The third kappa shape index (κ3) is 3.14. The number of carbonyl (C=O) groups excluding carboxylic acids is 1. The van der Waals surface area contributed by atoms with Crippen LogP contribution in [0.5, 0.6) is 0 Å². The van der Waals surface area contributed by atoms with Gasteiger partial charge < -0.3 is 0 Å². The molecule has 0 atom stereocenters. The lowest BCUT2D eigenvalue weighted by Gasteiger charge is -2.05. The minimum Gasteiger partial charge on any atom is -0.298 e. The van der Waals surface area contributed by atoms with E-state index in [1.807, 2.05) is 48.7 Å². The molecule has 0 bridgehead atoms. The standard InChI is InChI=1S/C16H13N3OS/c1-11-10-21-16(18-11)19-15(20)14-7-13(8-17-9-14)12-5-3-2-4-6-12/h2-10H,1H3,(H,18,19,20). The SMILES string of the molecule is Cc1csc(NC(=O)c2cncc(-c3ccccc3)c2)n1. The summed E-state index contributed by atoms with van der Waals surface area (Å²) in [5, 5.41) is 5.28. The summed E-state index contributed by atoms with van der Waals surface area (Å²) in [5.41, 5.74) is 3.36. The zero-order valence-electron chi connectivity index (χ0n) is 11.4. The molecule has 2 heterocycles. The highest BCUT2D eigenvalue weighted by Crippen LogP contribution is 2.20. The van der Waals surface area contributed by atoms with E-state index in [2.05, 4.69) is 15.3 Å². The van der Waals surface area contributed by atoms with Crippen molar-refractivity contribution in [2.75, 3.05) is 5.32 Å². The largest absolute Gasteiger partial charge is 0.298 e. The van der Waals surface area contributed by atoms with Crippen molar-refractivity contribution in [1.82, 2.24) is 9.97 Å². The van der Waals surface area contributed by atoms with E-state index >= 15 is 0 Å². The fourth-order valence-electron chi connectivity index (χ4n) is 1.93. The van der Waals surface area contributed by atoms with Gasteiger partial charge >= 0.3 is 0 Å². The number of hydrogen-bond donors (Lipinski definition) is 1. The zero-order valence-corrected chi connectivity index (χ0v) is 12.2. The molecule has 0 saturated carbocycles. The fraction of sp³-hybridized carbons (Fsp3) is 0.0625. The first-order valence-electron chi connectivity index (χ1n) is 6.46. The van der Waals surface area contributed by atoms with Crippen LogP contribution in [0.4, 0.5) is 5.13 Å². The highest BCUT2D eigenvalue weighted by atomic mass is 32.1. The number of aryl methyl sites for hydroxylation is 1. The lowest BCUT2D eigenvalue weighted by molar-refractivity contribution is 0.102. The van der Waals surface area contributed by atoms with Crippen LogP contribution in [0.1, 0.15) is 16.1 Å². The van der Waals surface area contributed by atoms with Crippen LogP contribution in [-0.4, -0.2) is 15.9 Å². The number of aromatic nitrogens is 2. The summed E-state index contributed by atoms with van der Waals surface area (Å²) in [6.45, 7) is 1.89. The molecule has 21 heavy (non-hydrogen) atoms. The molecule has 104 valence electrons. The Morgan fingerprint density at radius 3 is 2.67 bits per heavy atom. The van der Waals surface area contributed by atoms with E-state index in [1.54, 1.807) is 12.4 Å². The molecule has 0 fully saturated rings. The number of amides is 1. The third-order valence-electron chi connectivity index (χ3n) is 2.95. The Hall–Kier alpha value is -2.53. The van der Waals surface area contributed by atoms with Crippen molar-refractivity contribution in [1.29, 1.82) is 0 Å². The van der Waals surface area contributed by atoms with Gasteiger partial charge in [-0.2, -0.15) is 0 Å². The minimum absolute atomic E-state index is 0.199. The molecule has 0 saturated heterocycles. The smallest absolute Gasteiger partial charge is 0.259 e. The summed E-state index contributed by atoms with van der Waals surface area (Å²) < 4.78 is 0. The molecule has 0 spiro atoms. The first-order valence-corrected chi connectivity index (χ1v) is 7.34. The molecule has 0 radical (unpaired) electrons. The number of carbonyl (C=O) groups is 1. The quantitative estimate of drug-likeness (QED) is 0.800. The molecular formula is C16H13N3OS. The zero-order chi connectivity index (χ0) is 14.7. The number of anilines is 1. The summed E-state index contributed by atoms with van der Waals surface area (Å²) in [4.78, 5) is 20.6. The number of nitrogens with zero attached hydrogens (tertiary/aromatic N) is 2. The summed E-state index contributed by atoms with van der Waals surface area (Å²) in [6.07, 6.45) is 3.31. The second kappa shape index (κ2) is 5.85. The van der Waals surface area contributed by atoms with E-state index in [9.17, 15) is 4.79 Å². The summed E-state index contributed by atoms with van der Waals surface area (Å²) in [5.74, 6) is -0.199. The number of pyridine rings is 1. The molecule has 3 aromatic rings. The van der Waals surface area contributed by atoms with Crippen LogP contribution < -0.4 is 5.32 Å². The van der Waals surface area contributed by atoms with Crippen molar-refractivity contribution in [2.45, 2.75) is 6.92 Å². The normalized spacial score (nSPS) is 10.3. The van der Waals surface area contributed by atoms with Gasteiger partial charge in [-0.15, -0.1) is 11.3 Å². The number of rotatable bonds is 3. The Labute approximate surface area is 126 Å². The predicted octanol–water partition coefficient (Wildman–Crippen LogP) is 3.77. The first kappa shape index (κ1) is 13.5. The Kier molecular flexibility index (Phi) is 3.75. The Morgan fingerprint density at radius 2 is 1.95 bits per heavy atom. The maximum Gasteiger partial charge on any atom is 0.259 e. The molecule has 1 amide bonds. The molecule has 0 aliphatic rings. The topological polar surface area (TPSA) is 54.9 Å². The van der Waals surface area contributed by atoms with E-state index in [0.717, 1.165) is 16.8 Å². The molecule has 1 N–H and O–H groups in total. The summed E-state index contributed by atoms with van der Waals surface area (Å²) in [7, 11) is 0. The van der Waals surface area contributed by atoms with Gasteiger partial charge in [0.15, 0.2) is 5.13 Å². The third-order valence-corrected chi connectivity index (χ3v) is 3.82. The van der Waals surface area contributed by atoms with Crippen molar-refractivity contribution in [3.05, 3.63) is 65.4 Å². The van der Waals surface area contributed by atoms with Crippen molar-refractivity contribution in [2.24, 2.45) is 0 Å². The predicted molar refractivity (Wildman–Crippen MR) is 84.5 cm³/mol. The number of nitrogens with one attached hydrogen (secondary N) is 1. The van der Waals surface area contributed by atoms with Gasteiger partial charge in [-0.25, -0.2) is 4.98 Å². The van der Waals surface area contributed by atoms with Gasteiger partial charge in [0.25, 0.3) is 5.91 Å². The van der Waals surface area contributed by atoms with Gasteiger partial charge in [0.1, 0.15) is 0 Å². The maximum absolute atomic E-state index is 12.2. The van der Waals surface area contributed by atoms with Gasteiger partial charge in [-0.1, -0.05) is 30.3 Å². The molecule has 0 aliphatic heterocycles. The average molecular weight is 295 g/mol. The van der Waals surface area contributed by atoms with Crippen molar-refractivity contribution in [3.8, 4) is 11.1 Å². The molecule has 1 aromatic carbocycles. The Balaban J connectivity index is 1.84. The van der Waals surface area contributed by atoms with Gasteiger partial charge in [-0.3, -0.25) is 15.1 Å². The molecule has 0 unspecified atom stereocenters. The highest BCUT2D eigenvalue weighted by Gasteiger charge is 2.10. The van der Waals surface area contributed by atoms with Crippen molar-refractivity contribution in [3.63, 3.8) is 0 Å². The average Bonchev–Trinajstić information content (AvgIpc) is 2.93. The maximum atomic E-state index is 12.2. The second-order valence-corrected chi connectivity index (χ2v) is 5.43. The lowest BCUT2D eigenvalue weighted by Crippen LogP contribution is -2.12. The van der Waals surface area contributed by atoms with Crippen LogP contribution in [0, 0.1) is 6.92 Å². The Bertz CT molecular complexity index is 768.